The van der Waals surface area contributed by atoms with Gasteiger partial charge in [-0.3, -0.25) is 4.79 Å². The van der Waals surface area contributed by atoms with Crippen molar-refractivity contribution in [1.82, 2.24) is 14.7 Å². The molecule has 0 spiro atoms. The van der Waals surface area contributed by atoms with Crippen molar-refractivity contribution >= 4 is 27.6 Å². The first kappa shape index (κ1) is 25.0. The summed E-state index contributed by atoms with van der Waals surface area (Å²) in [6.45, 7) is 12.5. The number of aryl methyl sites for hydroxylation is 1. The van der Waals surface area contributed by atoms with Gasteiger partial charge in [0.2, 0.25) is 0 Å². The molecule has 4 heterocycles. The number of pyridine rings is 2. The number of anilines is 2. The van der Waals surface area contributed by atoms with Crippen LogP contribution in [0.15, 0.2) is 29.3 Å². The molecule has 0 saturated carbocycles. The summed E-state index contributed by atoms with van der Waals surface area (Å²) >= 11 is 0. The summed E-state index contributed by atoms with van der Waals surface area (Å²) < 4.78 is 28.7. The number of rotatable bonds is 0. The van der Waals surface area contributed by atoms with E-state index in [0.717, 1.165) is 49.9 Å². The maximum atomic E-state index is 13.7. The second kappa shape index (κ2) is 8.71. The molecule has 4 bridgehead atoms. The summed E-state index contributed by atoms with van der Waals surface area (Å²) in [6.07, 6.45) is 4.78. The number of carbonyl (C=O) groups is 1. The molecule has 0 unspecified atom stereocenters. The fraction of sp³-hybridized carbons (Fsp3) is 0.593. The number of sulfonamides is 1. The van der Waals surface area contributed by atoms with E-state index < -0.39 is 15.9 Å². The summed E-state index contributed by atoms with van der Waals surface area (Å²) in [5.74, 6) is 1.28. The van der Waals surface area contributed by atoms with E-state index in [4.69, 9.17) is 4.98 Å². The zero-order valence-corrected chi connectivity index (χ0v) is 22.7. The van der Waals surface area contributed by atoms with Gasteiger partial charge in [0.1, 0.15) is 11.6 Å². The summed E-state index contributed by atoms with van der Waals surface area (Å²) in [6, 6.07) is 6.68. The fourth-order valence-electron chi connectivity index (χ4n) is 6.14. The monoisotopic (exact) mass is 511 g/mol. The van der Waals surface area contributed by atoms with Gasteiger partial charge in [-0.1, -0.05) is 26.8 Å². The lowest BCUT2D eigenvalue weighted by molar-refractivity contribution is 0.0981. The first-order valence-electron chi connectivity index (χ1n) is 13.0. The van der Waals surface area contributed by atoms with E-state index in [2.05, 4.69) is 54.5 Å². The molecule has 1 amide bonds. The van der Waals surface area contributed by atoms with E-state index in [9.17, 15) is 13.2 Å². The van der Waals surface area contributed by atoms with Gasteiger partial charge in [-0.25, -0.2) is 14.7 Å². The van der Waals surface area contributed by atoms with E-state index in [1.165, 1.54) is 6.07 Å². The van der Waals surface area contributed by atoms with Crippen LogP contribution in [0.4, 0.5) is 11.6 Å². The molecule has 9 heteroatoms. The van der Waals surface area contributed by atoms with Gasteiger partial charge in [-0.05, 0) is 81.5 Å². The van der Waals surface area contributed by atoms with Crippen LogP contribution in [0.5, 0.6) is 0 Å². The van der Waals surface area contributed by atoms with Gasteiger partial charge in [-0.2, -0.15) is 8.42 Å². The minimum Gasteiger partial charge on any atom is -0.370 e. The van der Waals surface area contributed by atoms with Crippen molar-refractivity contribution in [1.29, 1.82) is 0 Å². The number of hydrogen-bond acceptors (Lipinski definition) is 7. The Labute approximate surface area is 214 Å². The smallest absolute Gasteiger partial charge is 0.281 e. The topological polar surface area (TPSA) is 104 Å². The first-order chi connectivity index (χ1) is 16.9. The molecule has 2 atom stereocenters. The van der Waals surface area contributed by atoms with Crippen LogP contribution in [-0.2, 0) is 21.9 Å². The molecule has 2 aliphatic heterocycles. The molecule has 5 rings (SSSR count). The van der Waals surface area contributed by atoms with Crippen molar-refractivity contribution in [3.63, 3.8) is 0 Å². The van der Waals surface area contributed by atoms with Crippen molar-refractivity contribution in [3.8, 4) is 0 Å². The first-order valence-corrected chi connectivity index (χ1v) is 14.5. The Hall–Kier alpha value is -2.68. The van der Waals surface area contributed by atoms with E-state index in [1.54, 1.807) is 12.1 Å². The van der Waals surface area contributed by atoms with Gasteiger partial charge in [0.15, 0.2) is 5.03 Å². The maximum Gasteiger partial charge on any atom is 0.281 e. The quantitative estimate of drug-likeness (QED) is 0.544. The summed E-state index contributed by atoms with van der Waals surface area (Å²) in [5, 5.41) is 3.08. The molecule has 1 aliphatic carbocycles. The number of nitrogens with one attached hydrogen (secondary N) is 2. The van der Waals surface area contributed by atoms with Crippen molar-refractivity contribution in [2.75, 3.05) is 23.3 Å². The van der Waals surface area contributed by atoms with Crippen LogP contribution in [0, 0.1) is 11.8 Å². The SMILES string of the molecule is C[C@H]1CCNc2cccc(n2)S(=O)(=O)NC(=O)c2cc3c(nc2N2C[C@@H]1CC2(C)C)C(C)(C)CCC3. The summed E-state index contributed by atoms with van der Waals surface area (Å²) in [5.41, 5.74) is 2.05. The summed E-state index contributed by atoms with van der Waals surface area (Å²) in [7, 11) is -4.17. The average Bonchev–Trinajstić information content (AvgIpc) is 3.12. The molecule has 0 radical (unpaired) electrons. The van der Waals surface area contributed by atoms with Gasteiger partial charge in [0.25, 0.3) is 15.9 Å². The third-order valence-corrected chi connectivity index (χ3v) is 9.55. The molecule has 8 nitrogen and oxygen atoms in total. The molecule has 1 fully saturated rings. The average molecular weight is 512 g/mol. The molecule has 1 saturated heterocycles. The Morgan fingerprint density at radius 3 is 2.69 bits per heavy atom. The van der Waals surface area contributed by atoms with Crippen LogP contribution in [0.1, 0.15) is 81.9 Å². The fourth-order valence-corrected chi connectivity index (χ4v) is 7.08. The number of carbonyl (C=O) groups excluding carboxylic acids is 1. The van der Waals surface area contributed by atoms with Crippen LogP contribution >= 0.6 is 0 Å². The Morgan fingerprint density at radius 1 is 1.14 bits per heavy atom. The highest BCUT2D eigenvalue weighted by atomic mass is 32.2. The van der Waals surface area contributed by atoms with Crippen LogP contribution < -0.4 is 14.9 Å². The number of nitrogens with zero attached hydrogens (tertiary/aromatic N) is 3. The predicted octanol–water partition coefficient (Wildman–Crippen LogP) is 4.27. The number of aromatic nitrogens is 2. The van der Waals surface area contributed by atoms with Gasteiger partial charge < -0.3 is 10.2 Å². The van der Waals surface area contributed by atoms with Crippen molar-refractivity contribution < 1.29 is 13.2 Å². The highest BCUT2D eigenvalue weighted by Crippen LogP contribution is 2.44. The van der Waals surface area contributed by atoms with Gasteiger partial charge in [0.05, 0.1) is 11.3 Å². The largest absolute Gasteiger partial charge is 0.370 e. The molecular formula is C27H37N5O3S. The molecule has 3 aliphatic rings. The van der Waals surface area contributed by atoms with Gasteiger partial charge >= 0.3 is 0 Å². The molecule has 194 valence electrons. The zero-order chi connectivity index (χ0) is 25.9. The summed E-state index contributed by atoms with van der Waals surface area (Å²) in [4.78, 5) is 25.3. The normalized spacial score (nSPS) is 26.5. The molecule has 0 aromatic carbocycles. The van der Waals surface area contributed by atoms with Crippen LogP contribution in [-0.4, -0.2) is 42.9 Å². The van der Waals surface area contributed by atoms with E-state index in [0.29, 0.717) is 35.6 Å². The minimum atomic E-state index is -4.17. The third-order valence-electron chi connectivity index (χ3n) is 8.32. The molecule has 2 aromatic heterocycles. The Bertz CT molecular complexity index is 1300. The third kappa shape index (κ3) is 4.46. The van der Waals surface area contributed by atoms with Crippen molar-refractivity contribution in [2.45, 2.75) is 82.7 Å². The minimum absolute atomic E-state index is 0.102. The maximum absolute atomic E-state index is 13.7. The van der Waals surface area contributed by atoms with Crippen molar-refractivity contribution in [3.05, 3.63) is 41.1 Å². The predicted molar refractivity (Wildman–Crippen MR) is 141 cm³/mol. The molecule has 2 N–H and O–H groups in total. The number of hydrogen-bond donors (Lipinski definition) is 2. The van der Waals surface area contributed by atoms with Crippen LogP contribution in [0.25, 0.3) is 0 Å². The lowest BCUT2D eigenvalue weighted by atomic mass is 9.75. The Kier molecular flexibility index (Phi) is 6.05. The van der Waals surface area contributed by atoms with Crippen LogP contribution in [0.2, 0.25) is 0 Å². The van der Waals surface area contributed by atoms with Crippen LogP contribution in [0.3, 0.4) is 0 Å². The van der Waals surface area contributed by atoms with E-state index >= 15 is 0 Å². The molecular weight excluding hydrogens is 474 g/mol. The molecule has 36 heavy (non-hydrogen) atoms. The Balaban J connectivity index is 1.68. The van der Waals surface area contributed by atoms with E-state index in [1.807, 2.05) is 6.07 Å². The number of fused-ring (bicyclic) bond motifs is 7. The second-order valence-electron chi connectivity index (χ2n) is 12.0. The van der Waals surface area contributed by atoms with Gasteiger partial charge in [-0.15, -0.1) is 0 Å². The second-order valence-corrected chi connectivity index (χ2v) is 13.6. The zero-order valence-electron chi connectivity index (χ0n) is 21.9. The standard InChI is InChI=1S/C27H37N5O3S/c1-17-11-13-28-21-9-6-10-22(29-21)36(34,35)31-25(33)20-14-18-8-7-12-26(2,3)23(18)30-24(20)32-16-19(17)15-27(32,4)5/h6,9-10,14,17,19H,7-8,11-13,15-16H2,1-5H3,(H,28,29)(H,31,33)/t17-,19-/m0/s1. The van der Waals surface area contributed by atoms with E-state index in [-0.39, 0.29) is 16.0 Å². The highest BCUT2D eigenvalue weighted by molar-refractivity contribution is 7.90. The lowest BCUT2D eigenvalue weighted by Gasteiger charge is -2.37. The van der Waals surface area contributed by atoms with Gasteiger partial charge in [0, 0.05) is 24.0 Å². The Morgan fingerprint density at radius 2 is 1.92 bits per heavy atom. The van der Waals surface area contributed by atoms with Crippen molar-refractivity contribution in [2.24, 2.45) is 11.8 Å². The lowest BCUT2D eigenvalue weighted by Crippen LogP contribution is -2.42. The highest BCUT2D eigenvalue weighted by Gasteiger charge is 2.43. The number of amides is 1. The molecule has 2 aromatic rings.